The van der Waals surface area contributed by atoms with Crippen molar-refractivity contribution in [1.29, 1.82) is 0 Å². The molecule has 7 rings (SSSR count). The van der Waals surface area contributed by atoms with E-state index in [0.717, 1.165) is 11.1 Å². The maximum Gasteiger partial charge on any atom is 0.241 e. The van der Waals surface area contributed by atoms with Crippen molar-refractivity contribution in [1.82, 2.24) is 54.8 Å². The van der Waals surface area contributed by atoms with E-state index in [4.69, 9.17) is 8.56 Å². The number of benzene rings is 2. The molecule has 4 bridgehead atoms. The van der Waals surface area contributed by atoms with Gasteiger partial charge in [0.05, 0.1) is 27.3 Å². The fourth-order valence-electron chi connectivity index (χ4n) is 9.53. The molecule has 0 spiro atoms. The van der Waals surface area contributed by atoms with Gasteiger partial charge in [-0.3, -0.25) is 19.2 Å². The minimum absolute atomic E-state index is 0.000130. The number of amides is 3. The van der Waals surface area contributed by atoms with Crippen LogP contribution >= 0.6 is 10.9 Å². The van der Waals surface area contributed by atoms with Crippen LogP contribution in [0.3, 0.4) is 0 Å². The number of aryl methyl sites for hydroxylation is 4. The Kier molecular flexibility index (Phi) is 21.3. The summed E-state index contributed by atoms with van der Waals surface area (Å²) < 4.78 is 77.8. The number of sulfonamides is 1. The summed E-state index contributed by atoms with van der Waals surface area (Å²) in [5, 5.41) is 11.0. The van der Waals surface area contributed by atoms with Crippen LogP contribution in [0, 0.1) is 20.8 Å². The summed E-state index contributed by atoms with van der Waals surface area (Å²) in [6.07, 6.45) is 4.65. The van der Waals surface area contributed by atoms with E-state index in [1.807, 2.05) is 11.8 Å². The predicted octanol–water partition coefficient (Wildman–Crippen LogP) is -0.994. The molecule has 3 fully saturated rings. The maximum absolute atomic E-state index is 14.1. The van der Waals surface area contributed by atoms with Crippen LogP contribution in [0.2, 0.25) is 0 Å². The van der Waals surface area contributed by atoms with E-state index in [-0.39, 0.29) is 94.3 Å². The van der Waals surface area contributed by atoms with Crippen LogP contribution in [0.5, 0.6) is 0 Å². The number of H-pyrrole nitrogens is 1. The number of aromatic nitrogens is 3. The average Bonchev–Trinajstić information content (AvgIpc) is 3.93. The Morgan fingerprint density at radius 1 is 0.800 bits per heavy atom. The van der Waals surface area contributed by atoms with Gasteiger partial charge in [-0.15, -0.1) is 0 Å². The molecular formula is C49H67InN12O16S2. The molecule has 80 heavy (non-hydrogen) atoms. The first kappa shape index (κ1) is 61.6. The van der Waals surface area contributed by atoms with Gasteiger partial charge in [0.2, 0.25) is 15.5 Å². The maximum atomic E-state index is 14.1. The summed E-state index contributed by atoms with van der Waals surface area (Å²) in [4.78, 5) is 121. The van der Waals surface area contributed by atoms with Crippen LogP contribution in [0.1, 0.15) is 46.0 Å². The van der Waals surface area contributed by atoms with E-state index in [2.05, 4.69) is 36.0 Å². The minimum atomic E-state index is -4.36. The molecule has 2 aromatic carbocycles. The number of anilines is 1. The Bertz CT molecular complexity index is 3070. The zero-order chi connectivity index (χ0) is 57.9. The number of aromatic amines is 1. The molecule has 2 aromatic heterocycles. The van der Waals surface area contributed by atoms with Crippen LogP contribution in [-0.4, -0.2) is 230 Å². The van der Waals surface area contributed by atoms with Gasteiger partial charge in [-0.25, -0.2) is 13.4 Å². The van der Waals surface area contributed by atoms with Crippen LogP contribution in [0.15, 0.2) is 58.6 Å². The van der Waals surface area contributed by atoms with Crippen molar-refractivity contribution in [2.24, 2.45) is 0 Å². The zero-order valence-corrected chi connectivity index (χ0v) is 49.7. The number of nitrogens with zero attached hydrogens (tertiary/aromatic N) is 6. The monoisotopic (exact) mass is 1260 g/mol. The summed E-state index contributed by atoms with van der Waals surface area (Å²) in [5.41, 5.74) is 1.91. The van der Waals surface area contributed by atoms with Crippen molar-refractivity contribution in [2.45, 2.75) is 64.2 Å². The van der Waals surface area contributed by atoms with Gasteiger partial charge in [-0.2, -0.15) is 4.72 Å². The molecule has 5 heterocycles. The van der Waals surface area contributed by atoms with Gasteiger partial charge in [-0.05, 0) is 62.9 Å². The Balaban J connectivity index is 1.04. The van der Waals surface area contributed by atoms with E-state index in [0.29, 0.717) is 48.8 Å². The number of imidazole rings is 1. The van der Waals surface area contributed by atoms with E-state index in [1.165, 1.54) is 13.1 Å². The summed E-state index contributed by atoms with van der Waals surface area (Å²) in [6.45, 7) is 7.51. The third-order valence-electron chi connectivity index (χ3n) is 13.4. The topological polar surface area (TPSA) is 366 Å². The van der Waals surface area contributed by atoms with Gasteiger partial charge >= 0.3 is 195 Å². The normalized spacial score (nSPS) is 19.7. The number of rotatable bonds is 20. The summed E-state index contributed by atoms with van der Waals surface area (Å²) in [7, 11) is -8.60. The number of carbonyl (C=O) groups is 7. The third kappa shape index (κ3) is 17.7. The summed E-state index contributed by atoms with van der Waals surface area (Å²) in [6, 6.07) is 5.32. The van der Waals surface area contributed by atoms with E-state index in [1.54, 1.807) is 75.8 Å². The van der Waals surface area contributed by atoms with Crippen LogP contribution in [-0.2, 0) is 60.4 Å². The molecule has 3 aliphatic rings. The molecule has 4 atom stereocenters. The number of hydrogen-bond donors (Lipinski definition) is 9. The Morgan fingerprint density at radius 2 is 1.39 bits per heavy atom. The Hall–Kier alpha value is -6.00. The standard InChI is InChI=1S/C49H70N12O16S2.In/c1-31-20-32(2)46(33(3)21-31)79(76,77)56-38(34(4)62)24-53-47(71)37-25-61(40-22-35(6-7-36(40)45(37)70)23-54-49-51-9-10-52-49)11-5-8-50-48(72)39(30-78(73,74)75)55-41(63)26-57-12-14-58(27-42(64)65)16-18-60(29-44(68)69)19-17-59(15-13-57)28-43(66)67;/h6-7,9-10,20-22,25,38-39,56,73-75H,5,8,11-19,23-24,26-30H2,1-4H3,(H,50,72)(H,53,71)(H,55,63)(H,64,65)(H,66,67)(H,68,69)(H2,51,52,54);/q;+3/p-3/t38-,39-;/m0./s1. The van der Waals surface area contributed by atoms with Gasteiger partial charge < -0.3 is 39.2 Å². The smallest absolute Gasteiger partial charge is 0.241 e. The van der Waals surface area contributed by atoms with Gasteiger partial charge in [-0.1, -0.05) is 23.8 Å². The average molecular weight is 1260 g/mol. The van der Waals surface area contributed by atoms with Gasteiger partial charge in [0, 0.05) is 50.2 Å². The number of nitrogens with one attached hydrogen (secondary N) is 6. The van der Waals surface area contributed by atoms with Crippen LogP contribution < -0.4 is 31.4 Å². The van der Waals surface area contributed by atoms with Gasteiger partial charge in [0.25, 0.3) is 5.91 Å². The molecule has 3 saturated heterocycles. The third-order valence-corrected chi connectivity index (χ3v) is 19.9. The van der Waals surface area contributed by atoms with Crippen molar-refractivity contribution in [3.8, 4) is 0 Å². The first-order valence-corrected chi connectivity index (χ1v) is 32.9. The number of Topliss-reactive ketones (excluding diaryl/α,β-unsaturated/α-hetero) is 1. The Morgan fingerprint density at radius 3 is 1.94 bits per heavy atom. The molecule has 0 aliphatic carbocycles. The molecule has 3 aliphatic heterocycles. The number of pyridine rings is 1. The molecule has 434 valence electrons. The second kappa shape index (κ2) is 27.6. The van der Waals surface area contributed by atoms with Crippen LogP contribution in [0.4, 0.5) is 5.95 Å². The van der Waals surface area contributed by atoms with Crippen molar-refractivity contribution in [3.63, 3.8) is 0 Å². The zero-order valence-electron chi connectivity index (χ0n) is 44.7. The van der Waals surface area contributed by atoms with E-state index < -0.39 is 115 Å². The van der Waals surface area contributed by atoms with E-state index in [9.17, 15) is 60.4 Å². The summed E-state index contributed by atoms with van der Waals surface area (Å²) in [5.74, 6) is -5.68. The second-order valence-electron chi connectivity index (χ2n) is 19.9. The fraction of sp³-hybridized carbons (Fsp3) is 0.490. The summed E-state index contributed by atoms with van der Waals surface area (Å²) >= 11 is -4.36. The quantitative estimate of drug-likeness (QED) is 0.0480. The number of ketones is 1. The molecule has 0 saturated carbocycles. The first-order chi connectivity index (χ1) is 37.9. The second-order valence-corrected chi connectivity index (χ2v) is 26.8. The van der Waals surface area contributed by atoms with Gasteiger partial charge in [0.15, 0.2) is 5.95 Å². The van der Waals surface area contributed by atoms with Gasteiger partial charge in [0.1, 0.15) is 11.3 Å². The molecule has 2 unspecified atom stereocenters. The number of hydrogen-bond acceptors (Lipinski definition) is 22. The molecule has 28 nitrogen and oxygen atoms in total. The van der Waals surface area contributed by atoms with Crippen molar-refractivity contribution in [3.05, 3.63) is 87.0 Å². The number of fused-ring (bicyclic) bond motifs is 8. The predicted molar refractivity (Wildman–Crippen MR) is 292 cm³/mol. The molecule has 3 amide bonds. The molecular weight excluding hydrogens is 1190 g/mol. The number of carbonyl (C=O) groups excluding carboxylic acids is 7. The fourth-order valence-corrected chi connectivity index (χ4v) is 14.8. The van der Waals surface area contributed by atoms with Crippen molar-refractivity contribution in [2.75, 3.05) is 103 Å². The van der Waals surface area contributed by atoms with Crippen LogP contribution in [0.25, 0.3) is 10.9 Å². The van der Waals surface area contributed by atoms with Crippen molar-refractivity contribution < 1.29 is 64.2 Å². The van der Waals surface area contributed by atoms with E-state index >= 15 is 0 Å². The first-order valence-electron chi connectivity index (χ1n) is 25.7. The molecule has 4 aromatic rings. The molecule has 0 radical (unpaired) electrons. The minimum Gasteiger partial charge on any atom is -0.352 e. The molecule has 31 heteroatoms. The Labute approximate surface area is 472 Å². The molecule has 9 N–H and O–H groups in total. The largest absolute Gasteiger partial charge is 0.352 e. The SMILES string of the molecule is CC(=O)[C@H](CNC(=O)c1cn(CCCNC(=O)[C@H](CS(O)(O)O)NC(=O)CN2CCN3CCN4CCN(CC2)CC(=O)[O][In]([O]C(=O)C3)[O]C(=O)C4)c2cc(CNc3ncc[nH]3)ccc2c1=O)NS(=O)(=O)c1c(C)cc(C)cc1C. The van der Waals surface area contributed by atoms with Crippen molar-refractivity contribution >= 4 is 102 Å².